The third-order valence-electron chi connectivity index (χ3n) is 5.86. The van der Waals surface area contributed by atoms with E-state index >= 15 is 0 Å². The van der Waals surface area contributed by atoms with E-state index < -0.39 is 17.6 Å². The molecule has 0 atom stereocenters. The Hall–Kier alpha value is -3.75. The monoisotopic (exact) mass is 508 g/mol. The summed E-state index contributed by atoms with van der Waals surface area (Å²) in [5.74, 6) is 0.225. The minimum absolute atomic E-state index is 0.373. The SMILES string of the molecule is C[Si](C)c1ccc(C(=O)Oc2ccc(-c3ccc(OC(=O)c4ccc([Si](C)C)cc4)cc3)cc2)cc1. The molecule has 0 saturated carbocycles. The molecule has 0 aliphatic heterocycles. The van der Waals surface area contributed by atoms with Gasteiger partial charge in [0.15, 0.2) is 0 Å². The third kappa shape index (κ3) is 6.27. The van der Waals surface area contributed by atoms with Crippen LogP contribution in [0.25, 0.3) is 11.1 Å². The lowest BCUT2D eigenvalue weighted by Gasteiger charge is -2.09. The van der Waals surface area contributed by atoms with Gasteiger partial charge < -0.3 is 9.47 Å². The highest BCUT2D eigenvalue weighted by molar-refractivity contribution is 6.71. The number of esters is 2. The fourth-order valence-electron chi connectivity index (χ4n) is 3.64. The number of hydrogen-bond donors (Lipinski definition) is 0. The summed E-state index contributed by atoms with van der Waals surface area (Å²) in [4.78, 5) is 24.9. The van der Waals surface area contributed by atoms with E-state index in [1.165, 1.54) is 10.4 Å². The van der Waals surface area contributed by atoms with E-state index in [-0.39, 0.29) is 11.9 Å². The molecule has 4 aromatic rings. The molecule has 4 rings (SSSR count). The zero-order valence-corrected chi connectivity index (χ0v) is 22.9. The van der Waals surface area contributed by atoms with Crippen LogP contribution >= 0.6 is 0 Å². The van der Waals surface area contributed by atoms with Gasteiger partial charge in [0.05, 0.1) is 28.7 Å². The van der Waals surface area contributed by atoms with Gasteiger partial charge in [0, 0.05) is 0 Å². The predicted octanol–water partition coefficient (Wildman–Crippen LogP) is 5.71. The van der Waals surface area contributed by atoms with Crippen LogP contribution in [0.4, 0.5) is 0 Å². The van der Waals surface area contributed by atoms with Crippen molar-refractivity contribution in [2.45, 2.75) is 26.2 Å². The lowest BCUT2D eigenvalue weighted by molar-refractivity contribution is 0.0725. The first-order valence-electron chi connectivity index (χ1n) is 11.8. The molecule has 0 aliphatic rings. The highest BCUT2D eigenvalue weighted by Crippen LogP contribution is 2.25. The second kappa shape index (κ2) is 11.3. The maximum Gasteiger partial charge on any atom is 0.343 e. The van der Waals surface area contributed by atoms with Crippen molar-refractivity contribution in [2.75, 3.05) is 0 Å². The molecule has 4 nitrogen and oxygen atoms in total. The molecule has 0 spiro atoms. The minimum Gasteiger partial charge on any atom is -0.423 e. The number of carbonyl (C=O) groups is 2. The summed E-state index contributed by atoms with van der Waals surface area (Å²) in [6.07, 6.45) is 0. The summed E-state index contributed by atoms with van der Waals surface area (Å²) in [6, 6.07) is 30.0. The molecule has 2 radical (unpaired) electrons. The summed E-state index contributed by atoms with van der Waals surface area (Å²) < 4.78 is 11.1. The zero-order chi connectivity index (χ0) is 25.7. The second-order valence-electron chi connectivity index (χ2n) is 8.98. The van der Waals surface area contributed by atoms with E-state index in [9.17, 15) is 9.59 Å². The third-order valence-corrected chi connectivity index (χ3v) is 8.84. The van der Waals surface area contributed by atoms with Crippen molar-refractivity contribution < 1.29 is 19.1 Å². The number of benzene rings is 4. The van der Waals surface area contributed by atoms with Crippen molar-refractivity contribution in [2.24, 2.45) is 0 Å². The molecular formula is C30H28O4Si2. The maximum atomic E-state index is 12.5. The molecule has 36 heavy (non-hydrogen) atoms. The summed E-state index contributed by atoms with van der Waals surface area (Å²) in [5, 5.41) is 2.56. The van der Waals surface area contributed by atoms with Crippen LogP contribution in [-0.4, -0.2) is 29.5 Å². The van der Waals surface area contributed by atoms with Gasteiger partial charge in [-0.3, -0.25) is 0 Å². The lowest BCUT2D eigenvalue weighted by atomic mass is 10.1. The van der Waals surface area contributed by atoms with E-state index in [0.717, 1.165) is 11.1 Å². The standard InChI is InChI=1S/C30H28O4Si2/c1-35(2)27-17-9-23(10-18-27)29(31)33-25-13-5-21(6-14-25)22-7-15-26(16-8-22)34-30(32)24-11-19-28(20-12-24)36(3)4/h5-20H,1-4H3. The van der Waals surface area contributed by atoms with Crippen LogP contribution in [0, 0.1) is 0 Å². The predicted molar refractivity (Wildman–Crippen MR) is 149 cm³/mol. The van der Waals surface area contributed by atoms with Crippen LogP contribution in [0.15, 0.2) is 97.1 Å². The molecule has 0 heterocycles. The molecule has 0 N–H and O–H groups in total. The molecular weight excluding hydrogens is 480 g/mol. The summed E-state index contributed by atoms with van der Waals surface area (Å²) >= 11 is 0. The minimum atomic E-state index is -0.544. The van der Waals surface area contributed by atoms with E-state index in [1.807, 2.05) is 72.8 Å². The Kier molecular flexibility index (Phi) is 7.98. The van der Waals surface area contributed by atoms with Gasteiger partial charge >= 0.3 is 11.9 Å². The largest absolute Gasteiger partial charge is 0.423 e. The number of ether oxygens (including phenoxy) is 2. The molecule has 0 aliphatic carbocycles. The average Bonchev–Trinajstić information content (AvgIpc) is 2.89. The zero-order valence-electron chi connectivity index (χ0n) is 20.9. The molecule has 4 aromatic carbocycles. The lowest BCUT2D eigenvalue weighted by Crippen LogP contribution is -2.22. The maximum absolute atomic E-state index is 12.5. The van der Waals surface area contributed by atoms with Crippen LogP contribution in [0.3, 0.4) is 0 Å². The van der Waals surface area contributed by atoms with Gasteiger partial charge in [-0.05, 0) is 59.7 Å². The van der Waals surface area contributed by atoms with Crippen LogP contribution < -0.4 is 19.8 Å². The average molecular weight is 509 g/mol. The molecule has 0 saturated heterocycles. The number of carbonyl (C=O) groups excluding carboxylic acids is 2. The number of rotatable bonds is 7. The van der Waals surface area contributed by atoms with E-state index in [4.69, 9.17) is 9.47 Å². The first kappa shape index (κ1) is 25.3. The van der Waals surface area contributed by atoms with E-state index in [1.54, 1.807) is 24.3 Å². The fraction of sp³-hybridized carbons (Fsp3) is 0.133. The quantitative estimate of drug-likeness (QED) is 0.182. The molecule has 6 heteroatoms. The molecule has 0 fully saturated rings. The summed E-state index contributed by atoms with van der Waals surface area (Å²) in [6.45, 7) is 8.86. The van der Waals surface area contributed by atoms with Gasteiger partial charge in [-0.2, -0.15) is 0 Å². The topological polar surface area (TPSA) is 52.6 Å². The van der Waals surface area contributed by atoms with E-state index in [2.05, 4.69) is 26.2 Å². The molecule has 180 valence electrons. The summed E-state index contributed by atoms with van der Waals surface area (Å²) in [5.41, 5.74) is 3.00. The van der Waals surface area contributed by atoms with Gasteiger partial charge in [-0.15, -0.1) is 0 Å². The van der Waals surface area contributed by atoms with Crippen LogP contribution in [-0.2, 0) is 0 Å². The highest BCUT2D eigenvalue weighted by atomic mass is 28.3. The molecule has 0 unspecified atom stereocenters. The van der Waals surface area contributed by atoms with Crippen molar-refractivity contribution in [3.05, 3.63) is 108 Å². The normalized spacial score (nSPS) is 10.9. The highest BCUT2D eigenvalue weighted by Gasteiger charge is 2.12. The molecule has 0 bridgehead atoms. The Bertz CT molecular complexity index is 1220. The van der Waals surface area contributed by atoms with Gasteiger partial charge in [0.1, 0.15) is 11.5 Å². The summed E-state index contributed by atoms with van der Waals surface area (Å²) in [7, 11) is -1.09. The second-order valence-corrected chi connectivity index (χ2v) is 14.1. The van der Waals surface area contributed by atoms with Crippen molar-refractivity contribution in [1.29, 1.82) is 0 Å². The van der Waals surface area contributed by atoms with Crippen molar-refractivity contribution in [3.63, 3.8) is 0 Å². The van der Waals surface area contributed by atoms with E-state index in [0.29, 0.717) is 22.6 Å². The van der Waals surface area contributed by atoms with Crippen molar-refractivity contribution in [1.82, 2.24) is 0 Å². The Morgan fingerprint density at radius 2 is 0.778 bits per heavy atom. The number of hydrogen-bond acceptors (Lipinski definition) is 4. The first-order valence-corrected chi connectivity index (χ1v) is 16.8. The molecule has 0 amide bonds. The fourth-order valence-corrected chi connectivity index (χ4v) is 5.31. The van der Waals surface area contributed by atoms with Crippen molar-refractivity contribution in [3.8, 4) is 22.6 Å². The Balaban J connectivity index is 1.36. The van der Waals surface area contributed by atoms with Gasteiger partial charge in [0.2, 0.25) is 0 Å². The van der Waals surface area contributed by atoms with Crippen molar-refractivity contribution >= 4 is 39.9 Å². The van der Waals surface area contributed by atoms with Crippen LogP contribution in [0.2, 0.25) is 26.2 Å². The molecule has 0 aromatic heterocycles. The Morgan fingerprint density at radius 1 is 0.472 bits per heavy atom. The van der Waals surface area contributed by atoms with Gasteiger partial charge in [-0.25, -0.2) is 9.59 Å². The van der Waals surface area contributed by atoms with Crippen LogP contribution in [0.5, 0.6) is 11.5 Å². The Labute approximate surface area is 215 Å². The van der Waals surface area contributed by atoms with Gasteiger partial charge in [-0.1, -0.05) is 85.1 Å². The van der Waals surface area contributed by atoms with Crippen LogP contribution in [0.1, 0.15) is 20.7 Å². The smallest absolute Gasteiger partial charge is 0.343 e. The Morgan fingerprint density at radius 3 is 1.06 bits per heavy atom. The van der Waals surface area contributed by atoms with Gasteiger partial charge in [0.25, 0.3) is 0 Å². The first-order chi connectivity index (χ1) is 17.3.